The third-order valence-corrected chi connectivity index (χ3v) is 4.43. The molecule has 0 aliphatic carbocycles. The molecular weight excluding hydrogens is 378 g/mol. The maximum atomic E-state index is 12.0. The van der Waals surface area contributed by atoms with Gasteiger partial charge >= 0.3 is 5.97 Å². The molecule has 0 bridgehead atoms. The summed E-state index contributed by atoms with van der Waals surface area (Å²) in [7, 11) is 0. The van der Waals surface area contributed by atoms with Gasteiger partial charge in [-0.15, -0.1) is 0 Å². The Morgan fingerprint density at radius 2 is 1.90 bits per heavy atom. The molecule has 2 heterocycles. The van der Waals surface area contributed by atoms with E-state index in [0.29, 0.717) is 28.5 Å². The molecule has 1 N–H and O–H groups in total. The molecule has 6 heteroatoms. The van der Waals surface area contributed by atoms with Gasteiger partial charge in [0.2, 0.25) is 0 Å². The van der Waals surface area contributed by atoms with Crippen LogP contribution in [0.4, 0.5) is 0 Å². The average Bonchev–Trinajstić information content (AvgIpc) is 3.38. The predicted molar refractivity (Wildman–Crippen MR) is 114 cm³/mol. The van der Waals surface area contributed by atoms with Gasteiger partial charge in [-0.25, -0.2) is 9.78 Å². The first-order valence-electron chi connectivity index (χ1n) is 9.51. The summed E-state index contributed by atoms with van der Waals surface area (Å²) >= 11 is 0. The van der Waals surface area contributed by atoms with Crippen molar-refractivity contribution in [3.8, 4) is 17.4 Å². The summed E-state index contributed by atoms with van der Waals surface area (Å²) < 4.78 is 11.1. The number of esters is 1. The molecule has 0 atom stereocenters. The van der Waals surface area contributed by atoms with E-state index in [2.05, 4.69) is 16.0 Å². The number of para-hydroxylation sites is 2. The number of rotatable bonds is 5. The lowest BCUT2D eigenvalue weighted by atomic mass is 10.1. The molecule has 0 aliphatic heterocycles. The maximum Gasteiger partial charge on any atom is 0.338 e. The van der Waals surface area contributed by atoms with Crippen molar-refractivity contribution in [2.75, 3.05) is 0 Å². The summed E-state index contributed by atoms with van der Waals surface area (Å²) in [5.41, 5.74) is 3.34. The van der Waals surface area contributed by atoms with Gasteiger partial charge in [0.15, 0.2) is 0 Å². The molecule has 0 saturated heterocycles. The summed E-state index contributed by atoms with van der Waals surface area (Å²) in [6, 6.07) is 20.4. The first kappa shape index (κ1) is 19.2. The SMILES string of the molecule is CC(C)OC(=O)c1ccc(-c2ccc(C=C(C#N)c3nc4ccccc4[nH]3)o2)cc1. The zero-order valence-corrected chi connectivity index (χ0v) is 16.5. The number of fused-ring (bicyclic) bond motifs is 1. The number of nitrogens with one attached hydrogen (secondary N) is 1. The Kier molecular flexibility index (Phi) is 5.19. The van der Waals surface area contributed by atoms with Crippen LogP contribution in [0.2, 0.25) is 0 Å². The fourth-order valence-electron chi connectivity index (χ4n) is 3.01. The molecule has 0 amide bonds. The fraction of sp³-hybridized carbons (Fsp3) is 0.125. The number of nitrogens with zero attached hydrogens (tertiary/aromatic N) is 2. The van der Waals surface area contributed by atoms with Crippen LogP contribution in [0.15, 0.2) is 65.1 Å². The first-order chi connectivity index (χ1) is 14.5. The van der Waals surface area contributed by atoms with Crippen LogP contribution in [0.25, 0.3) is 34.0 Å². The molecule has 6 nitrogen and oxygen atoms in total. The highest BCUT2D eigenvalue weighted by Crippen LogP contribution is 2.26. The van der Waals surface area contributed by atoms with Gasteiger partial charge in [0.1, 0.15) is 23.4 Å². The largest absolute Gasteiger partial charge is 0.459 e. The minimum atomic E-state index is -0.357. The Morgan fingerprint density at radius 1 is 1.13 bits per heavy atom. The van der Waals surface area contributed by atoms with Crippen LogP contribution in [0.3, 0.4) is 0 Å². The molecule has 0 saturated carbocycles. The van der Waals surface area contributed by atoms with Crippen molar-refractivity contribution in [3.63, 3.8) is 0 Å². The van der Waals surface area contributed by atoms with Crippen LogP contribution < -0.4 is 0 Å². The standard InChI is InChI=1S/C24H19N3O3/c1-15(2)29-24(28)17-9-7-16(8-10-17)22-12-11-19(30-22)13-18(14-25)23-26-20-5-3-4-6-21(20)27-23/h3-13,15H,1-2H3,(H,26,27). The Bertz CT molecular complexity index is 1240. The van der Waals surface area contributed by atoms with Crippen molar-refractivity contribution < 1.29 is 13.9 Å². The van der Waals surface area contributed by atoms with Crippen molar-refractivity contribution in [1.29, 1.82) is 5.26 Å². The van der Waals surface area contributed by atoms with E-state index in [-0.39, 0.29) is 12.1 Å². The molecule has 148 valence electrons. The predicted octanol–water partition coefficient (Wildman–Crippen LogP) is 5.45. The maximum absolute atomic E-state index is 12.0. The van der Waals surface area contributed by atoms with Crippen molar-refractivity contribution >= 4 is 28.7 Å². The summed E-state index contributed by atoms with van der Waals surface area (Å²) in [5, 5.41) is 9.57. The van der Waals surface area contributed by atoms with Gasteiger partial charge in [0, 0.05) is 11.6 Å². The number of imidazole rings is 1. The van der Waals surface area contributed by atoms with E-state index >= 15 is 0 Å². The Labute approximate surface area is 173 Å². The smallest absolute Gasteiger partial charge is 0.338 e. The van der Waals surface area contributed by atoms with Crippen molar-refractivity contribution in [1.82, 2.24) is 9.97 Å². The van der Waals surface area contributed by atoms with Gasteiger partial charge < -0.3 is 14.1 Å². The second kappa shape index (κ2) is 8.10. The van der Waals surface area contributed by atoms with Crippen molar-refractivity contribution in [2.24, 2.45) is 0 Å². The highest BCUT2D eigenvalue weighted by Gasteiger charge is 2.12. The fourth-order valence-corrected chi connectivity index (χ4v) is 3.01. The lowest BCUT2D eigenvalue weighted by Crippen LogP contribution is -2.11. The van der Waals surface area contributed by atoms with E-state index in [1.165, 1.54) is 0 Å². The van der Waals surface area contributed by atoms with Crippen LogP contribution in [-0.2, 0) is 4.74 Å². The van der Waals surface area contributed by atoms with Crippen LogP contribution in [-0.4, -0.2) is 22.0 Å². The normalized spacial score (nSPS) is 11.6. The minimum absolute atomic E-state index is 0.169. The van der Waals surface area contributed by atoms with Crippen LogP contribution >= 0.6 is 0 Å². The quantitative estimate of drug-likeness (QED) is 0.357. The summed E-state index contributed by atoms with van der Waals surface area (Å²) in [6.45, 7) is 3.62. The number of allylic oxidation sites excluding steroid dienone is 1. The van der Waals surface area contributed by atoms with Gasteiger partial charge in [-0.1, -0.05) is 24.3 Å². The third kappa shape index (κ3) is 4.01. The molecule has 4 rings (SSSR count). The van der Waals surface area contributed by atoms with Crippen molar-refractivity contribution in [3.05, 3.63) is 77.8 Å². The number of carbonyl (C=O) groups excluding carboxylic acids is 1. The molecule has 4 aromatic rings. The number of aromatic nitrogens is 2. The Hall–Kier alpha value is -4.11. The van der Waals surface area contributed by atoms with Gasteiger partial charge in [0.25, 0.3) is 0 Å². The molecule has 0 radical (unpaired) electrons. The highest BCUT2D eigenvalue weighted by molar-refractivity contribution is 5.91. The second-order valence-corrected chi connectivity index (χ2v) is 7.01. The number of benzene rings is 2. The number of H-pyrrole nitrogens is 1. The zero-order chi connectivity index (χ0) is 21.1. The summed E-state index contributed by atoms with van der Waals surface area (Å²) in [4.78, 5) is 19.6. The molecule has 0 unspecified atom stereocenters. The molecule has 2 aromatic heterocycles. The van der Waals surface area contributed by atoms with Crippen LogP contribution in [0, 0.1) is 11.3 Å². The van der Waals surface area contributed by atoms with E-state index < -0.39 is 0 Å². The average molecular weight is 397 g/mol. The van der Waals surface area contributed by atoms with Gasteiger partial charge in [-0.05, 0) is 50.2 Å². The van der Waals surface area contributed by atoms with Gasteiger partial charge in [0.05, 0.1) is 28.3 Å². The number of furan rings is 1. The molecule has 30 heavy (non-hydrogen) atoms. The monoisotopic (exact) mass is 397 g/mol. The lowest BCUT2D eigenvalue weighted by Gasteiger charge is -2.07. The number of carbonyl (C=O) groups is 1. The summed E-state index contributed by atoms with van der Waals surface area (Å²) in [5.74, 6) is 1.30. The van der Waals surface area contributed by atoms with Crippen LogP contribution in [0.5, 0.6) is 0 Å². The van der Waals surface area contributed by atoms with E-state index in [9.17, 15) is 10.1 Å². The van der Waals surface area contributed by atoms with Gasteiger partial charge in [-0.3, -0.25) is 0 Å². The Balaban J connectivity index is 1.57. The second-order valence-electron chi connectivity index (χ2n) is 7.01. The molecule has 2 aromatic carbocycles. The van der Waals surface area contributed by atoms with E-state index in [4.69, 9.17) is 9.15 Å². The molecular formula is C24H19N3O3. The minimum Gasteiger partial charge on any atom is -0.459 e. The van der Waals surface area contributed by atoms with Crippen LogP contribution in [0.1, 0.15) is 35.8 Å². The van der Waals surface area contributed by atoms with E-state index in [0.717, 1.165) is 16.6 Å². The number of aromatic amines is 1. The van der Waals surface area contributed by atoms with E-state index in [1.54, 1.807) is 36.4 Å². The first-order valence-corrected chi connectivity index (χ1v) is 9.51. The molecule has 0 aliphatic rings. The van der Waals surface area contributed by atoms with E-state index in [1.807, 2.05) is 44.2 Å². The third-order valence-electron chi connectivity index (χ3n) is 4.43. The number of hydrogen-bond donors (Lipinski definition) is 1. The summed E-state index contributed by atoms with van der Waals surface area (Å²) in [6.07, 6.45) is 1.48. The number of hydrogen-bond acceptors (Lipinski definition) is 5. The van der Waals surface area contributed by atoms with Gasteiger partial charge in [-0.2, -0.15) is 5.26 Å². The number of nitriles is 1. The Morgan fingerprint density at radius 3 is 2.60 bits per heavy atom. The lowest BCUT2D eigenvalue weighted by molar-refractivity contribution is 0.0378. The number of ether oxygens (including phenoxy) is 1. The molecule has 0 fully saturated rings. The topological polar surface area (TPSA) is 91.9 Å². The highest BCUT2D eigenvalue weighted by atomic mass is 16.5. The zero-order valence-electron chi connectivity index (χ0n) is 16.5. The molecule has 0 spiro atoms. The van der Waals surface area contributed by atoms with Crippen molar-refractivity contribution in [2.45, 2.75) is 20.0 Å².